The molecule has 1 aromatic heterocycles. The third kappa shape index (κ3) is 2.56. The lowest BCUT2D eigenvalue weighted by atomic mass is 10.2. The van der Waals surface area contributed by atoms with Crippen LogP contribution in [0.3, 0.4) is 0 Å². The van der Waals surface area contributed by atoms with Crippen LogP contribution < -0.4 is 10.5 Å². The normalized spacial score (nSPS) is 10.2. The van der Waals surface area contributed by atoms with Crippen molar-refractivity contribution in [2.24, 2.45) is 0 Å². The second kappa shape index (κ2) is 4.76. The molecule has 0 aliphatic carbocycles. The van der Waals surface area contributed by atoms with Crippen molar-refractivity contribution < 1.29 is 4.74 Å². The summed E-state index contributed by atoms with van der Waals surface area (Å²) in [5.74, 6) is 0.566. The van der Waals surface area contributed by atoms with E-state index in [2.05, 4.69) is 9.97 Å². The minimum Gasteiger partial charge on any atom is -0.384 e. The zero-order chi connectivity index (χ0) is 10.6. The zero-order valence-corrected chi connectivity index (χ0v) is 8.70. The van der Waals surface area contributed by atoms with Crippen molar-refractivity contribution in [3.63, 3.8) is 0 Å². The molecule has 5 heteroatoms. The average molecular weight is 197 g/mol. The number of hydrogen-bond donors (Lipinski definition) is 1. The van der Waals surface area contributed by atoms with Gasteiger partial charge in [0.1, 0.15) is 0 Å². The topological polar surface area (TPSA) is 58.2 Å². The summed E-state index contributed by atoms with van der Waals surface area (Å²) in [4.78, 5) is 20.0. The number of H-pyrrole nitrogens is 1. The van der Waals surface area contributed by atoms with Crippen molar-refractivity contribution in [2.45, 2.75) is 6.42 Å². The van der Waals surface area contributed by atoms with Crippen molar-refractivity contribution in [3.8, 4) is 0 Å². The summed E-state index contributed by atoms with van der Waals surface area (Å²) in [6, 6.07) is 0. The summed E-state index contributed by atoms with van der Waals surface area (Å²) in [7, 11) is 5.26. The molecular formula is C9H15N3O2. The van der Waals surface area contributed by atoms with E-state index in [0.29, 0.717) is 24.5 Å². The highest BCUT2D eigenvalue weighted by Crippen LogP contribution is 1.98. The van der Waals surface area contributed by atoms with Gasteiger partial charge in [0.2, 0.25) is 5.95 Å². The van der Waals surface area contributed by atoms with E-state index in [4.69, 9.17) is 4.74 Å². The van der Waals surface area contributed by atoms with Crippen LogP contribution in [0.2, 0.25) is 0 Å². The quantitative estimate of drug-likeness (QED) is 0.739. The first-order valence-electron chi connectivity index (χ1n) is 4.39. The Balaban J connectivity index is 2.85. The number of aromatic amines is 1. The number of rotatable bonds is 4. The Morgan fingerprint density at radius 3 is 2.79 bits per heavy atom. The molecule has 5 nitrogen and oxygen atoms in total. The molecule has 14 heavy (non-hydrogen) atoms. The number of aromatic nitrogens is 2. The fraction of sp³-hybridized carbons (Fsp3) is 0.556. The van der Waals surface area contributed by atoms with Crippen LogP contribution in [0.15, 0.2) is 11.0 Å². The first-order chi connectivity index (χ1) is 6.65. The van der Waals surface area contributed by atoms with Gasteiger partial charge in [0.05, 0.1) is 6.61 Å². The first-order valence-corrected chi connectivity index (χ1v) is 4.39. The Bertz CT molecular complexity index is 346. The molecule has 0 aromatic carbocycles. The summed E-state index contributed by atoms with van der Waals surface area (Å²) in [6.45, 7) is 0.534. The molecule has 1 aromatic rings. The van der Waals surface area contributed by atoms with Crippen LogP contribution in [0.25, 0.3) is 0 Å². The maximum atomic E-state index is 11.5. The molecule has 0 saturated carbocycles. The number of nitrogens with one attached hydrogen (secondary N) is 1. The largest absolute Gasteiger partial charge is 0.384 e. The van der Waals surface area contributed by atoms with Gasteiger partial charge in [0.25, 0.3) is 5.56 Å². The van der Waals surface area contributed by atoms with Crippen LogP contribution in [0, 0.1) is 0 Å². The first kappa shape index (κ1) is 10.7. The fourth-order valence-corrected chi connectivity index (χ4v) is 1.03. The molecule has 1 rings (SSSR count). The SMILES string of the molecule is COCCc1cnc(N(C)C)[nH]c1=O. The van der Waals surface area contributed by atoms with E-state index in [-0.39, 0.29) is 5.56 Å². The Hall–Kier alpha value is -1.36. The van der Waals surface area contributed by atoms with Crippen LogP contribution >= 0.6 is 0 Å². The summed E-state index contributed by atoms with van der Waals surface area (Å²) in [5.41, 5.74) is 0.554. The van der Waals surface area contributed by atoms with E-state index >= 15 is 0 Å². The highest BCUT2D eigenvalue weighted by Gasteiger charge is 2.03. The molecule has 0 aliphatic rings. The van der Waals surface area contributed by atoms with Gasteiger partial charge in [-0.15, -0.1) is 0 Å². The maximum Gasteiger partial charge on any atom is 0.255 e. The van der Waals surface area contributed by atoms with E-state index in [0.717, 1.165) is 0 Å². The Morgan fingerprint density at radius 1 is 1.57 bits per heavy atom. The summed E-state index contributed by atoms with van der Waals surface area (Å²) >= 11 is 0. The molecule has 0 atom stereocenters. The molecule has 1 heterocycles. The molecule has 0 spiro atoms. The number of methoxy groups -OCH3 is 1. The Labute approximate surface area is 82.7 Å². The van der Waals surface area contributed by atoms with E-state index in [9.17, 15) is 4.79 Å². The molecule has 0 bridgehead atoms. The van der Waals surface area contributed by atoms with Crippen molar-refractivity contribution >= 4 is 5.95 Å². The minimum atomic E-state index is -0.0965. The van der Waals surface area contributed by atoms with Crippen LogP contribution in [-0.4, -0.2) is 37.8 Å². The zero-order valence-electron chi connectivity index (χ0n) is 8.70. The van der Waals surface area contributed by atoms with Gasteiger partial charge in [-0.1, -0.05) is 0 Å². The van der Waals surface area contributed by atoms with Crippen LogP contribution in [0.1, 0.15) is 5.56 Å². The standard InChI is InChI=1S/C9H15N3O2/c1-12(2)9-10-6-7(4-5-14-3)8(13)11-9/h6H,4-5H2,1-3H3,(H,10,11,13). The van der Waals surface area contributed by atoms with E-state index in [1.54, 1.807) is 18.2 Å². The molecule has 0 radical (unpaired) electrons. The molecular weight excluding hydrogens is 182 g/mol. The van der Waals surface area contributed by atoms with Gasteiger partial charge in [0, 0.05) is 39.4 Å². The highest BCUT2D eigenvalue weighted by molar-refractivity contribution is 5.26. The van der Waals surface area contributed by atoms with Gasteiger partial charge >= 0.3 is 0 Å². The number of anilines is 1. The molecule has 78 valence electrons. The second-order valence-corrected chi connectivity index (χ2v) is 3.20. The van der Waals surface area contributed by atoms with E-state index < -0.39 is 0 Å². The van der Waals surface area contributed by atoms with E-state index in [1.807, 2.05) is 14.1 Å². The molecule has 1 N–H and O–H groups in total. The summed E-state index contributed by atoms with van der Waals surface area (Å²) in [6.07, 6.45) is 2.18. The highest BCUT2D eigenvalue weighted by atomic mass is 16.5. The second-order valence-electron chi connectivity index (χ2n) is 3.20. The van der Waals surface area contributed by atoms with Crippen molar-refractivity contribution in [2.75, 3.05) is 32.7 Å². The third-order valence-corrected chi connectivity index (χ3v) is 1.86. The summed E-state index contributed by atoms with van der Waals surface area (Å²) in [5, 5.41) is 0. The van der Waals surface area contributed by atoms with Gasteiger partial charge in [0.15, 0.2) is 0 Å². The van der Waals surface area contributed by atoms with Gasteiger partial charge in [-0.25, -0.2) is 4.98 Å². The van der Waals surface area contributed by atoms with Crippen molar-refractivity contribution in [1.29, 1.82) is 0 Å². The molecule has 0 fully saturated rings. The van der Waals surface area contributed by atoms with Gasteiger partial charge in [-0.3, -0.25) is 9.78 Å². The third-order valence-electron chi connectivity index (χ3n) is 1.86. The van der Waals surface area contributed by atoms with Gasteiger partial charge in [-0.2, -0.15) is 0 Å². The molecule has 0 aliphatic heterocycles. The lowest BCUT2D eigenvalue weighted by Gasteiger charge is -2.10. The van der Waals surface area contributed by atoms with Crippen LogP contribution in [0.5, 0.6) is 0 Å². The smallest absolute Gasteiger partial charge is 0.255 e. The van der Waals surface area contributed by atoms with Crippen molar-refractivity contribution in [1.82, 2.24) is 9.97 Å². The lowest BCUT2D eigenvalue weighted by Crippen LogP contribution is -2.21. The van der Waals surface area contributed by atoms with Crippen LogP contribution in [0.4, 0.5) is 5.95 Å². The minimum absolute atomic E-state index is 0.0965. The maximum absolute atomic E-state index is 11.5. The number of ether oxygens (including phenoxy) is 1. The molecule has 0 saturated heterocycles. The number of hydrogen-bond acceptors (Lipinski definition) is 4. The van der Waals surface area contributed by atoms with Gasteiger partial charge in [-0.05, 0) is 0 Å². The molecule has 0 unspecified atom stereocenters. The van der Waals surface area contributed by atoms with Crippen molar-refractivity contribution in [3.05, 3.63) is 22.1 Å². The predicted octanol–water partition coefficient (Wildman–Crippen LogP) is 0.0248. The van der Waals surface area contributed by atoms with Crippen LogP contribution in [-0.2, 0) is 11.2 Å². The Kier molecular flexibility index (Phi) is 3.64. The summed E-state index contributed by atoms with van der Waals surface area (Å²) < 4.78 is 4.89. The lowest BCUT2D eigenvalue weighted by molar-refractivity contribution is 0.202. The van der Waals surface area contributed by atoms with E-state index in [1.165, 1.54) is 0 Å². The number of nitrogens with zero attached hydrogens (tertiary/aromatic N) is 2. The molecule has 0 amide bonds. The Morgan fingerprint density at radius 2 is 2.29 bits per heavy atom. The fourth-order valence-electron chi connectivity index (χ4n) is 1.03. The average Bonchev–Trinajstić information content (AvgIpc) is 2.15. The van der Waals surface area contributed by atoms with Gasteiger partial charge < -0.3 is 9.64 Å². The predicted molar refractivity (Wildman–Crippen MR) is 54.8 cm³/mol. The monoisotopic (exact) mass is 197 g/mol.